The van der Waals surface area contributed by atoms with Crippen molar-refractivity contribution in [2.45, 2.75) is 13.0 Å². The molecule has 5 heteroatoms. The standard InChI is InChI=1S/C20H15NO4/c1-12(18-11-14-7-3-4-8-16(14)24-18)21-19(22)15-10-13-6-2-5-9-17(13)25-20(15)23/h2-12H,1H3,(H,21,22)/t12-/m1/s1. The molecule has 0 fully saturated rings. The van der Waals surface area contributed by atoms with Crippen molar-refractivity contribution in [3.63, 3.8) is 0 Å². The molecule has 25 heavy (non-hydrogen) atoms. The van der Waals surface area contributed by atoms with Gasteiger partial charge < -0.3 is 14.2 Å². The van der Waals surface area contributed by atoms with Crippen LogP contribution in [0.1, 0.15) is 29.1 Å². The van der Waals surface area contributed by atoms with E-state index in [2.05, 4.69) is 5.32 Å². The Bertz CT molecular complexity index is 1110. The van der Waals surface area contributed by atoms with Crippen molar-refractivity contribution in [3.8, 4) is 0 Å². The summed E-state index contributed by atoms with van der Waals surface area (Å²) in [6.07, 6.45) is 0. The van der Waals surface area contributed by atoms with Gasteiger partial charge in [-0.2, -0.15) is 0 Å². The molecule has 0 saturated heterocycles. The van der Waals surface area contributed by atoms with Crippen molar-refractivity contribution in [2.24, 2.45) is 0 Å². The average molecular weight is 333 g/mol. The number of hydrogen-bond donors (Lipinski definition) is 1. The number of hydrogen-bond acceptors (Lipinski definition) is 4. The molecule has 0 unspecified atom stereocenters. The third-order valence-corrected chi connectivity index (χ3v) is 4.11. The number of rotatable bonds is 3. The van der Waals surface area contributed by atoms with Gasteiger partial charge in [-0.15, -0.1) is 0 Å². The van der Waals surface area contributed by atoms with Crippen molar-refractivity contribution in [1.82, 2.24) is 5.32 Å². The molecule has 124 valence electrons. The van der Waals surface area contributed by atoms with Crippen molar-refractivity contribution >= 4 is 27.8 Å². The Morgan fingerprint density at radius 3 is 2.20 bits per heavy atom. The number of carbonyl (C=O) groups excluding carboxylic acids is 1. The van der Waals surface area contributed by atoms with Crippen LogP contribution in [-0.2, 0) is 0 Å². The van der Waals surface area contributed by atoms with Crippen LogP contribution in [0.3, 0.4) is 0 Å². The van der Waals surface area contributed by atoms with Crippen molar-refractivity contribution in [3.05, 3.63) is 82.4 Å². The summed E-state index contributed by atoms with van der Waals surface area (Å²) in [4.78, 5) is 24.6. The second kappa shape index (κ2) is 5.94. The van der Waals surface area contributed by atoms with Crippen LogP contribution in [0, 0.1) is 0 Å². The minimum Gasteiger partial charge on any atom is -0.459 e. The Labute approximate surface area is 142 Å². The fourth-order valence-corrected chi connectivity index (χ4v) is 2.78. The third-order valence-electron chi connectivity index (χ3n) is 4.11. The molecule has 1 N–H and O–H groups in total. The van der Waals surface area contributed by atoms with Gasteiger partial charge in [0.2, 0.25) is 0 Å². The van der Waals surface area contributed by atoms with Crippen molar-refractivity contribution in [1.29, 1.82) is 0 Å². The maximum Gasteiger partial charge on any atom is 0.349 e. The molecule has 1 amide bonds. The van der Waals surface area contributed by atoms with E-state index in [1.54, 1.807) is 31.2 Å². The molecule has 0 aliphatic carbocycles. The molecule has 0 radical (unpaired) electrons. The average Bonchev–Trinajstić information content (AvgIpc) is 3.05. The van der Waals surface area contributed by atoms with Crippen LogP contribution in [0.4, 0.5) is 0 Å². The van der Waals surface area contributed by atoms with Crippen LogP contribution < -0.4 is 10.9 Å². The first kappa shape index (κ1) is 15.2. The van der Waals surface area contributed by atoms with E-state index in [1.807, 2.05) is 36.4 Å². The van der Waals surface area contributed by atoms with Crippen LogP contribution in [0.15, 0.2) is 74.3 Å². The molecule has 0 aliphatic rings. The van der Waals surface area contributed by atoms with Gasteiger partial charge in [0.1, 0.15) is 22.5 Å². The highest BCUT2D eigenvalue weighted by Crippen LogP contribution is 2.23. The number of fused-ring (bicyclic) bond motifs is 2. The topological polar surface area (TPSA) is 72.5 Å². The van der Waals surface area contributed by atoms with E-state index in [4.69, 9.17) is 8.83 Å². The quantitative estimate of drug-likeness (QED) is 0.575. The van der Waals surface area contributed by atoms with Crippen LogP contribution in [-0.4, -0.2) is 5.91 Å². The minimum absolute atomic E-state index is 0.0262. The second-order valence-electron chi connectivity index (χ2n) is 5.87. The first-order chi connectivity index (χ1) is 12.1. The van der Waals surface area contributed by atoms with Gasteiger partial charge in [0.15, 0.2) is 0 Å². The molecule has 5 nitrogen and oxygen atoms in total. The summed E-state index contributed by atoms with van der Waals surface area (Å²) in [5.74, 6) is 0.132. The molecule has 2 heterocycles. The van der Waals surface area contributed by atoms with Gasteiger partial charge in [0.05, 0.1) is 6.04 Å². The van der Waals surface area contributed by atoms with Gasteiger partial charge in [0.25, 0.3) is 5.91 Å². The number of nitrogens with one attached hydrogen (secondary N) is 1. The molecule has 0 spiro atoms. The first-order valence-corrected chi connectivity index (χ1v) is 7.94. The lowest BCUT2D eigenvalue weighted by Crippen LogP contribution is -2.30. The molecule has 0 aliphatic heterocycles. The largest absolute Gasteiger partial charge is 0.459 e. The van der Waals surface area contributed by atoms with E-state index in [9.17, 15) is 9.59 Å². The second-order valence-corrected chi connectivity index (χ2v) is 5.87. The maximum atomic E-state index is 12.5. The predicted molar refractivity (Wildman–Crippen MR) is 94.6 cm³/mol. The third kappa shape index (κ3) is 2.80. The van der Waals surface area contributed by atoms with Gasteiger partial charge in [-0.25, -0.2) is 4.79 Å². The summed E-state index contributed by atoms with van der Waals surface area (Å²) < 4.78 is 11.0. The first-order valence-electron chi connectivity index (χ1n) is 7.94. The van der Waals surface area contributed by atoms with Gasteiger partial charge in [0, 0.05) is 10.8 Å². The number of benzene rings is 2. The maximum absolute atomic E-state index is 12.5. The van der Waals surface area contributed by atoms with Crippen LogP contribution in [0.5, 0.6) is 0 Å². The lowest BCUT2D eigenvalue weighted by molar-refractivity contribution is 0.0932. The van der Waals surface area contributed by atoms with Crippen molar-refractivity contribution in [2.75, 3.05) is 0 Å². The van der Waals surface area contributed by atoms with E-state index >= 15 is 0 Å². The highest BCUT2D eigenvalue weighted by Gasteiger charge is 2.18. The molecular formula is C20H15NO4. The summed E-state index contributed by atoms with van der Waals surface area (Å²) in [6, 6.07) is 17.7. The zero-order chi connectivity index (χ0) is 17.4. The number of furan rings is 1. The highest BCUT2D eigenvalue weighted by atomic mass is 16.4. The Balaban J connectivity index is 1.63. The Hall–Kier alpha value is -3.34. The lowest BCUT2D eigenvalue weighted by atomic mass is 10.1. The molecule has 0 saturated carbocycles. The SMILES string of the molecule is C[C@@H](NC(=O)c1cc2ccccc2oc1=O)c1cc2ccccc2o1. The Morgan fingerprint density at radius 1 is 0.920 bits per heavy atom. The van der Waals surface area contributed by atoms with E-state index < -0.39 is 11.5 Å². The lowest BCUT2D eigenvalue weighted by Gasteiger charge is -2.11. The molecule has 4 rings (SSSR count). The van der Waals surface area contributed by atoms with E-state index in [0.29, 0.717) is 16.7 Å². The smallest absolute Gasteiger partial charge is 0.349 e. The fraction of sp³-hybridized carbons (Fsp3) is 0.100. The summed E-state index contributed by atoms with van der Waals surface area (Å²) in [5, 5.41) is 4.45. The van der Waals surface area contributed by atoms with Crippen LogP contribution >= 0.6 is 0 Å². The highest BCUT2D eigenvalue weighted by molar-refractivity contribution is 5.96. The Kier molecular flexibility index (Phi) is 3.61. The van der Waals surface area contributed by atoms with E-state index in [0.717, 1.165) is 11.0 Å². The van der Waals surface area contributed by atoms with Crippen LogP contribution in [0.2, 0.25) is 0 Å². The summed E-state index contributed by atoms with van der Waals surface area (Å²) in [7, 11) is 0. The number of para-hydroxylation sites is 2. The minimum atomic E-state index is -0.659. The van der Waals surface area contributed by atoms with Crippen molar-refractivity contribution < 1.29 is 13.6 Å². The van der Waals surface area contributed by atoms with E-state index in [-0.39, 0.29) is 11.6 Å². The van der Waals surface area contributed by atoms with E-state index in [1.165, 1.54) is 0 Å². The number of carbonyl (C=O) groups is 1. The summed E-state index contributed by atoms with van der Waals surface area (Å²) >= 11 is 0. The summed E-state index contributed by atoms with van der Waals surface area (Å²) in [5.41, 5.74) is 0.521. The molecule has 2 aromatic carbocycles. The van der Waals surface area contributed by atoms with Gasteiger partial charge >= 0.3 is 5.63 Å². The zero-order valence-electron chi connectivity index (χ0n) is 13.5. The van der Waals surface area contributed by atoms with Gasteiger partial charge in [-0.3, -0.25) is 4.79 Å². The van der Waals surface area contributed by atoms with Gasteiger partial charge in [-0.05, 0) is 31.2 Å². The monoisotopic (exact) mass is 333 g/mol. The number of amides is 1. The fourth-order valence-electron chi connectivity index (χ4n) is 2.78. The predicted octanol–water partition coefficient (Wildman–Crippen LogP) is 4.03. The normalized spacial score (nSPS) is 12.4. The Morgan fingerprint density at radius 2 is 1.52 bits per heavy atom. The van der Waals surface area contributed by atoms with Crippen LogP contribution in [0.25, 0.3) is 21.9 Å². The molecule has 1 atom stereocenters. The molecular weight excluding hydrogens is 318 g/mol. The zero-order valence-corrected chi connectivity index (χ0v) is 13.5. The molecule has 4 aromatic rings. The summed E-state index contributed by atoms with van der Waals surface area (Å²) in [6.45, 7) is 1.80. The molecule has 2 aromatic heterocycles. The molecule has 0 bridgehead atoms. The van der Waals surface area contributed by atoms with Gasteiger partial charge in [-0.1, -0.05) is 36.4 Å².